The van der Waals surface area contributed by atoms with E-state index in [4.69, 9.17) is 19.9 Å². The Kier molecular flexibility index (Phi) is 8.40. The molecule has 11 aromatic rings. The highest BCUT2D eigenvalue weighted by Crippen LogP contribution is 2.64. The van der Waals surface area contributed by atoms with Crippen LogP contribution >= 0.6 is 0 Å². The second-order valence-corrected chi connectivity index (χ2v) is 16.9. The summed E-state index contributed by atoms with van der Waals surface area (Å²) in [5.74, 6) is 1.95. The van der Waals surface area contributed by atoms with Gasteiger partial charge in [0.05, 0.1) is 16.8 Å². The SMILES string of the molecule is c1ccc(-c2nc(-c3ccccc3)nc(-c3ccc(-c4ccc(-c5ccc(-c6nc7c(c8ccccc68)C6(c8ccccc8-c8ccccc86)c6ccccc6-7)cc5)cc4)cc3)n2)cc1. The number of hydrogen-bond acceptors (Lipinski definition) is 4. The fourth-order valence-electron chi connectivity index (χ4n) is 10.4. The van der Waals surface area contributed by atoms with Gasteiger partial charge in [-0.2, -0.15) is 0 Å². The average molecular weight is 827 g/mol. The molecule has 0 radical (unpaired) electrons. The van der Waals surface area contributed by atoms with Gasteiger partial charge in [-0.1, -0.05) is 231 Å². The lowest BCUT2D eigenvalue weighted by molar-refractivity contribution is 0.799. The molecule has 302 valence electrons. The van der Waals surface area contributed by atoms with E-state index in [0.29, 0.717) is 17.5 Å². The number of hydrogen-bond donors (Lipinski definition) is 0. The van der Waals surface area contributed by atoms with Crippen molar-refractivity contribution in [2.24, 2.45) is 0 Å². The van der Waals surface area contributed by atoms with E-state index in [1.54, 1.807) is 0 Å². The van der Waals surface area contributed by atoms with Crippen LogP contribution in [0.5, 0.6) is 0 Å². The van der Waals surface area contributed by atoms with E-state index in [1.807, 2.05) is 60.7 Å². The highest BCUT2D eigenvalue weighted by Gasteiger charge is 2.53. The van der Waals surface area contributed by atoms with Crippen LogP contribution in [-0.4, -0.2) is 19.9 Å². The van der Waals surface area contributed by atoms with Crippen molar-refractivity contribution in [1.82, 2.24) is 19.9 Å². The first-order valence-electron chi connectivity index (χ1n) is 22.1. The second kappa shape index (κ2) is 14.8. The summed E-state index contributed by atoms with van der Waals surface area (Å²) < 4.78 is 0. The molecule has 4 heteroatoms. The van der Waals surface area contributed by atoms with Crippen LogP contribution in [0.3, 0.4) is 0 Å². The van der Waals surface area contributed by atoms with Crippen LogP contribution in [0.2, 0.25) is 0 Å². The van der Waals surface area contributed by atoms with E-state index in [-0.39, 0.29) is 0 Å². The molecule has 0 saturated heterocycles. The van der Waals surface area contributed by atoms with Crippen LogP contribution < -0.4 is 0 Å². The summed E-state index contributed by atoms with van der Waals surface area (Å²) in [4.78, 5) is 20.3. The minimum atomic E-state index is -0.449. The molecule has 0 atom stereocenters. The molecule has 2 heterocycles. The van der Waals surface area contributed by atoms with Gasteiger partial charge in [-0.05, 0) is 55.5 Å². The topological polar surface area (TPSA) is 51.6 Å². The maximum absolute atomic E-state index is 5.66. The van der Waals surface area contributed by atoms with Gasteiger partial charge in [0.25, 0.3) is 0 Å². The van der Waals surface area contributed by atoms with Crippen LogP contribution in [0.4, 0.5) is 0 Å². The Hall–Kier alpha value is -8.60. The van der Waals surface area contributed by atoms with Gasteiger partial charge >= 0.3 is 0 Å². The summed E-state index contributed by atoms with van der Waals surface area (Å²) in [6.45, 7) is 0. The zero-order valence-electron chi connectivity index (χ0n) is 35.2. The minimum absolute atomic E-state index is 0.449. The highest BCUT2D eigenvalue weighted by atomic mass is 15.0. The monoisotopic (exact) mass is 826 g/mol. The number of fused-ring (bicyclic) bond motifs is 12. The maximum atomic E-state index is 5.66. The third-order valence-electron chi connectivity index (χ3n) is 13.4. The summed E-state index contributed by atoms with van der Waals surface area (Å²) in [7, 11) is 0. The maximum Gasteiger partial charge on any atom is 0.164 e. The van der Waals surface area contributed by atoms with E-state index in [9.17, 15) is 0 Å². The van der Waals surface area contributed by atoms with Crippen LogP contribution in [-0.2, 0) is 5.41 Å². The van der Waals surface area contributed by atoms with Gasteiger partial charge in [0.15, 0.2) is 17.5 Å². The quantitative estimate of drug-likeness (QED) is 0.168. The first-order valence-corrected chi connectivity index (χ1v) is 22.1. The molecule has 2 aliphatic carbocycles. The van der Waals surface area contributed by atoms with E-state index in [1.165, 1.54) is 44.3 Å². The van der Waals surface area contributed by atoms with E-state index < -0.39 is 5.41 Å². The van der Waals surface area contributed by atoms with Crippen molar-refractivity contribution in [2.75, 3.05) is 0 Å². The molecule has 13 rings (SSSR count). The van der Waals surface area contributed by atoms with Gasteiger partial charge < -0.3 is 0 Å². The molecular formula is C61H38N4. The zero-order valence-corrected chi connectivity index (χ0v) is 35.2. The van der Waals surface area contributed by atoms with Gasteiger partial charge in [0.2, 0.25) is 0 Å². The molecular weight excluding hydrogens is 789 g/mol. The van der Waals surface area contributed by atoms with Crippen molar-refractivity contribution in [3.63, 3.8) is 0 Å². The summed E-state index contributed by atoms with van der Waals surface area (Å²) in [5, 5.41) is 2.40. The largest absolute Gasteiger partial charge is 0.247 e. The highest BCUT2D eigenvalue weighted by molar-refractivity contribution is 6.06. The third-order valence-corrected chi connectivity index (χ3v) is 13.4. The predicted molar refractivity (Wildman–Crippen MR) is 264 cm³/mol. The standard InChI is InChI=1S/C61H38N4/c1-3-15-44(16-4-1)58-63-59(45-17-5-2-6-18-45)65-60(64-58)46-37-33-42(34-38-46)40-29-27-39(28-30-40)41-31-35-43(36-32-41)56-50-22-8-7-21-49(50)55-57(62-56)51-23-11-14-26-54(51)61(55)52-24-12-9-19-47(52)48-20-10-13-25-53(48)61/h1-38H. The molecule has 1 spiro atoms. The molecule has 0 amide bonds. The Labute approximate surface area is 377 Å². The molecule has 9 aromatic carbocycles. The predicted octanol–water partition coefficient (Wildman–Crippen LogP) is 14.8. The Morgan fingerprint density at radius 2 is 0.569 bits per heavy atom. The molecule has 4 nitrogen and oxygen atoms in total. The van der Waals surface area contributed by atoms with Crippen molar-refractivity contribution in [1.29, 1.82) is 0 Å². The first kappa shape index (κ1) is 37.0. The second-order valence-electron chi connectivity index (χ2n) is 16.9. The van der Waals surface area contributed by atoms with Gasteiger partial charge in [0, 0.05) is 38.8 Å². The fraction of sp³-hybridized carbons (Fsp3) is 0.0164. The minimum Gasteiger partial charge on any atom is -0.247 e. The lowest BCUT2D eigenvalue weighted by Gasteiger charge is -2.31. The Morgan fingerprint density at radius 1 is 0.231 bits per heavy atom. The van der Waals surface area contributed by atoms with Gasteiger partial charge in [0.1, 0.15) is 0 Å². The van der Waals surface area contributed by atoms with Gasteiger partial charge in [-0.25, -0.2) is 19.9 Å². The lowest BCUT2D eigenvalue weighted by Crippen LogP contribution is -2.26. The molecule has 0 bridgehead atoms. The summed E-state index contributed by atoms with van der Waals surface area (Å²) in [5.41, 5.74) is 19.2. The molecule has 65 heavy (non-hydrogen) atoms. The Balaban J connectivity index is 0.828. The summed E-state index contributed by atoms with van der Waals surface area (Å²) in [6, 6.07) is 82.1. The molecule has 0 unspecified atom stereocenters. The van der Waals surface area contributed by atoms with Crippen molar-refractivity contribution in [2.45, 2.75) is 5.41 Å². The molecule has 0 aliphatic heterocycles. The number of benzene rings is 9. The van der Waals surface area contributed by atoms with Crippen molar-refractivity contribution in [3.8, 4) is 90.1 Å². The van der Waals surface area contributed by atoms with Gasteiger partial charge in [-0.15, -0.1) is 0 Å². The Bertz CT molecular complexity index is 3520. The van der Waals surface area contributed by atoms with Crippen LogP contribution in [0.25, 0.3) is 101 Å². The number of rotatable bonds is 6. The van der Waals surface area contributed by atoms with Crippen LogP contribution in [0.1, 0.15) is 22.3 Å². The van der Waals surface area contributed by atoms with Crippen molar-refractivity contribution < 1.29 is 0 Å². The molecule has 2 aliphatic rings. The molecule has 0 fully saturated rings. The third kappa shape index (κ3) is 5.77. The molecule has 0 saturated carbocycles. The summed E-state index contributed by atoms with van der Waals surface area (Å²) in [6.07, 6.45) is 0. The lowest BCUT2D eigenvalue weighted by atomic mass is 9.69. The first-order chi connectivity index (χ1) is 32.2. The normalized spacial score (nSPS) is 12.7. The zero-order chi connectivity index (χ0) is 42.9. The van der Waals surface area contributed by atoms with Crippen LogP contribution in [0, 0.1) is 0 Å². The number of nitrogens with zero attached hydrogens (tertiary/aromatic N) is 4. The van der Waals surface area contributed by atoms with E-state index in [2.05, 4.69) is 170 Å². The van der Waals surface area contributed by atoms with Crippen LogP contribution in [0.15, 0.2) is 231 Å². The fourth-order valence-corrected chi connectivity index (χ4v) is 10.4. The number of aromatic nitrogens is 4. The summed E-state index contributed by atoms with van der Waals surface area (Å²) >= 11 is 0. The molecule has 0 N–H and O–H groups in total. The van der Waals surface area contributed by atoms with E-state index in [0.717, 1.165) is 61.3 Å². The van der Waals surface area contributed by atoms with Gasteiger partial charge in [-0.3, -0.25) is 0 Å². The number of pyridine rings is 1. The van der Waals surface area contributed by atoms with Crippen molar-refractivity contribution in [3.05, 3.63) is 253 Å². The van der Waals surface area contributed by atoms with Crippen molar-refractivity contribution >= 4 is 10.8 Å². The Morgan fingerprint density at radius 3 is 1.05 bits per heavy atom. The average Bonchev–Trinajstić information content (AvgIpc) is 3.86. The molecule has 2 aromatic heterocycles. The van der Waals surface area contributed by atoms with E-state index >= 15 is 0 Å². The smallest absolute Gasteiger partial charge is 0.164 e.